The summed E-state index contributed by atoms with van der Waals surface area (Å²) >= 11 is 1.65. The maximum Gasteiger partial charge on any atom is 0.573 e. The number of halogens is 3. The fourth-order valence-electron chi connectivity index (χ4n) is 5.03. The second-order valence-electron chi connectivity index (χ2n) is 10.6. The number of carbonyl (C=O) groups excluding carboxylic acids is 1. The van der Waals surface area contributed by atoms with Crippen molar-refractivity contribution in [3.8, 4) is 22.8 Å². The van der Waals surface area contributed by atoms with Gasteiger partial charge >= 0.3 is 6.36 Å². The molecule has 0 spiro atoms. The van der Waals surface area contributed by atoms with Crippen LogP contribution in [-0.4, -0.2) is 44.5 Å². The molecule has 0 N–H and O–H groups in total. The number of nitrogens with zero attached hydrogens (tertiary/aromatic N) is 5. The molecule has 2 heterocycles. The molecule has 0 radical (unpaired) electrons. The summed E-state index contributed by atoms with van der Waals surface area (Å²) in [6.07, 6.45) is 1.71. The highest BCUT2D eigenvalue weighted by molar-refractivity contribution is 8.14. The maximum atomic E-state index is 12.7. The van der Waals surface area contributed by atoms with E-state index >= 15 is 0 Å². The quantitative estimate of drug-likeness (QED) is 0.158. The minimum absolute atomic E-state index is 0.0800. The molecule has 11 heteroatoms. The van der Waals surface area contributed by atoms with Crippen molar-refractivity contribution in [3.05, 3.63) is 89.7 Å². The summed E-state index contributed by atoms with van der Waals surface area (Å²) in [5, 5.41) is 5.25. The lowest BCUT2D eigenvalue weighted by atomic mass is 10.0. The predicted molar refractivity (Wildman–Crippen MR) is 168 cm³/mol. The van der Waals surface area contributed by atoms with Crippen LogP contribution >= 0.6 is 11.8 Å². The number of thioether (sulfide) groups is 1. The molecule has 0 aliphatic carbocycles. The Hall–Kier alpha value is -4.12. The molecule has 0 bridgehead atoms. The van der Waals surface area contributed by atoms with Gasteiger partial charge in [0.15, 0.2) is 11.0 Å². The molecule has 1 aliphatic rings. The van der Waals surface area contributed by atoms with Gasteiger partial charge in [-0.25, -0.2) is 9.67 Å². The van der Waals surface area contributed by atoms with E-state index in [1.807, 2.05) is 24.3 Å². The number of ether oxygens (including phenoxy) is 1. The molecular formula is C33H34F3N5O2S. The van der Waals surface area contributed by atoms with Crippen LogP contribution < -0.4 is 9.64 Å². The van der Waals surface area contributed by atoms with Crippen LogP contribution in [0.2, 0.25) is 0 Å². The van der Waals surface area contributed by atoms with E-state index in [1.54, 1.807) is 11.8 Å². The molecular weight excluding hydrogens is 587 g/mol. The summed E-state index contributed by atoms with van der Waals surface area (Å²) in [5.74, 6) is 1.05. The number of amides is 1. The van der Waals surface area contributed by atoms with Crippen molar-refractivity contribution in [2.24, 2.45) is 4.99 Å². The van der Waals surface area contributed by atoms with E-state index < -0.39 is 6.36 Å². The van der Waals surface area contributed by atoms with Crippen molar-refractivity contribution >= 4 is 28.5 Å². The minimum atomic E-state index is -4.74. The van der Waals surface area contributed by atoms with Gasteiger partial charge in [-0.3, -0.25) is 4.79 Å². The first kappa shape index (κ1) is 31.3. The fraction of sp³-hybridized carbons (Fsp3) is 0.333. The van der Waals surface area contributed by atoms with Crippen LogP contribution in [-0.2, 0) is 17.6 Å². The first-order chi connectivity index (χ1) is 21.2. The summed E-state index contributed by atoms with van der Waals surface area (Å²) in [4.78, 5) is 23.8. The van der Waals surface area contributed by atoms with Gasteiger partial charge in [0.25, 0.3) is 0 Å². The van der Waals surface area contributed by atoms with Crippen molar-refractivity contribution in [1.82, 2.24) is 14.8 Å². The highest BCUT2D eigenvalue weighted by Crippen LogP contribution is 2.31. The minimum Gasteiger partial charge on any atom is -0.406 e. The number of aliphatic imine (C=N–C) groups is 1. The zero-order chi connectivity index (χ0) is 31.1. The normalized spacial score (nSPS) is 14.4. The Labute approximate surface area is 259 Å². The van der Waals surface area contributed by atoms with E-state index in [9.17, 15) is 18.0 Å². The second-order valence-corrected chi connectivity index (χ2v) is 11.7. The zero-order valence-corrected chi connectivity index (χ0v) is 25.5. The molecule has 0 atom stereocenters. The van der Waals surface area contributed by atoms with E-state index in [0.29, 0.717) is 17.9 Å². The Morgan fingerprint density at radius 2 is 1.80 bits per heavy atom. The lowest BCUT2D eigenvalue weighted by Gasteiger charge is -2.22. The number of amidine groups is 1. The lowest BCUT2D eigenvalue weighted by Crippen LogP contribution is -2.26. The lowest BCUT2D eigenvalue weighted by molar-refractivity contribution is -0.274. The van der Waals surface area contributed by atoms with E-state index in [1.165, 1.54) is 52.1 Å². The highest BCUT2D eigenvalue weighted by Gasteiger charge is 2.31. The third-order valence-electron chi connectivity index (χ3n) is 7.19. The third kappa shape index (κ3) is 8.28. The molecule has 1 aromatic heterocycles. The monoisotopic (exact) mass is 621 g/mol. The number of hydrogen-bond acceptors (Lipinski definition) is 5. The van der Waals surface area contributed by atoms with Crippen molar-refractivity contribution in [3.63, 3.8) is 0 Å². The van der Waals surface area contributed by atoms with E-state index in [-0.39, 0.29) is 11.7 Å². The van der Waals surface area contributed by atoms with Crippen LogP contribution in [0, 0.1) is 6.92 Å². The predicted octanol–water partition coefficient (Wildman–Crippen LogP) is 7.94. The standard InChI is InChI=1S/C33H34F3N5O2S/c1-3-6-25-12-9-23(2)21-29(25)40-19-20-44-32(40)38-30(42)8-5-4-7-24-10-13-26(14-11-24)31-37-22-41(39-31)27-15-17-28(18-16-27)43-33(34,35)36/h9-18,21-22H,3-8,19-20H2,1-2H3. The van der Waals surface area contributed by atoms with Crippen molar-refractivity contribution in [2.75, 3.05) is 17.2 Å². The molecule has 230 valence electrons. The number of rotatable bonds is 11. The highest BCUT2D eigenvalue weighted by atomic mass is 32.2. The number of aryl methyl sites for hydroxylation is 3. The van der Waals surface area contributed by atoms with Gasteiger partial charge in [0.05, 0.1) is 5.69 Å². The molecule has 4 aromatic rings. The summed E-state index contributed by atoms with van der Waals surface area (Å²) < 4.78 is 42.6. The SMILES string of the molecule is CCCc1ccc(C)cc1N1CCSC1=NC(=O)CCCCc1ccc(-c2ncn(-c3ccc(OC(F)(F)F)cc3)n2)cc1. The maximum absolute atomic E-state index is 12.7. The number of aromatic nitrogens is 3. The molecule has 1 amide bonds. The molecule has 1 fully saturated rings. The topological polar surface area (TPSA) is 72.6 Å². The second kappa shape index (κ2) is 14.1. The molecule has 1 aliphatic heterocycles. The van der Waals surface area contributed by atoms with Crippen molar-refractivity contribution in [1.29, 1.82) is 0 Å². The smallest absolute Gasteiger partial charge is 0.406 e. The first-order valence-corrected chi connectivity index (χ1v) is 15.7. The Bertz CT molecular complexity index is 1600. The number of carbonyl (C=O) groups is 1. The average Bonchev–Trinajstić information content (AvgIpc) is 3.67. The summed E-state index contributed by atoms with van der Waals surface area (Å²) in [5.41, 5.74) is 6.20. The van der Waals surface area contributed by atoms with Crippen LogP contribution in [0.4, 0.5) is 18.9 Å². The van der Waals surface area contributed by atoms with Crippen LogP contribution in [0.25, 0.3) is 17.1 Å². The molecule has 44 heavy (non-hydrogen) atoms. The Balaban J connectivity index is 1.11. The summed E-state index contributed by atoms with van der Waals surface area (Å²) in [7, 11) is 0. The number of benzene rings is 3. The molecule has 0 unspecified atom stereocenters. The fourth-order valence-corrected chi connectivity index (χ4v) is 6.00. The van der Waals surface area contributed by atoms with E-state index in [2.05, 4.69) is 56.8 Å². The number of unbranched alkanes of at least 4 members (excludes halogenated alkanes) is 1. The average molecular weight is 622 g/mol. The Kier molecular flexibility index (Phi) is 10.0. The van der Waals surface area contributed by atoms with Crippen LogP contribution in [0.15, 0.2) is 78.0 Å². The van der Waals surface area contributed by atoms with Gasteiger partial charge in [0, 0.05) is 30.0 Å². The largest absolute Gasteiger partial charge is 0.573 e. The van der Waals surface area contributed by atoms with Gasteiger partial charge in [-0.1, -0.05) is 61.5 Å². The van der Waals surface area contributed by atoms with Gasteiger partial charge in [0.2, 0.25) is 5.91 Å². The Morgan fingerprint density at radius 1 is 1.02 bits per heavy atom. The third-order valence-corrected chi connectivity index (χ3v) is 8.15. The van der Waals surface area contributed by atoms with Gasteiger partial charge in [-0.15, -0.1) is 18.3 Å². The van der Waals surface area contributed by atoms with E-state index in [0.717, 1.165) is 60.7 Å². The van der Waals surface area contributed by atoms with E-state index in [4.69, 9.17) is 0 Å². The van der Waals surface area contributed by atoms with Gasteiger partial charge < -0.3 is 9.64 Å². The number of anilines is 1. The van der Waals surface area contributed by atoms with Crippen molar-refractivity contribution in [2.45, 2.75) is 58.7 Å². The molecule has 7 nitrogen and oxygen atoms in total. The van der Waals surface area contributed by atoms with Crippen LogP contribution in [0.3, 0.4) is 0 Å². The van der Waals surface area contributed by atoms with Crippen molar-refractivity contribution < 1.29 is 22.7 Å². The summed E-state index contributed by atoms with van der Waals surface area (Å²) in [6.45, 7) is 5.13. The Morgan fingerprint density at radius 3 is 2.52 bits per heavy atom. The summed E-state index contributed by atoms with van der Waals surface area (Å²) in [6, 6.07) is 19.9. The molecule has 5 rings (SSSR count). The molecule has 0 saturated carbocycles. The van der Waals surface area contributed by atoms with Gasteiger partial charge in [0.1, 0.15) is 12.1 Å². The number of alkyl halides is 3. The zero-order valence-electron chi connectivity index (χ0n) is 24.7. The molecule has 3 aromatic carbocycles. The van der Waals surface area contributed by atoms with Gasteiger partial charge in [-0.2, -0.15) is 4.99 Å². The number of hydrogen-bond donors (Lipinski definition) is 0. The first-order valence-electron chi connectivity index (χ1n) is 14.7. The molecule has 1 saturated heterocycles. The van der Waals surface area contributed by atoms with Crippen LogP contribution in [0.5, 0.6) is 5.75 Å². The van der Waals surface area contributed by atoms with Crippen LogP contribution in [0.1, 0.15) is 49.3 Å². The van der Waals surface area contributed by atoms with Gasteiger partial charge in [-0.05, 0) is 79.6 Å².